The van der Waals surface area contributed by atoms with Crippen LogP contribution in [0, 0.1) is 0 Å². The summed E-state index contributed by atoms with van der Waals surface area (Å²) < 4.78 is 0. The maximum atomic E-state index is 4.56. The number of hydrogen-bond acceptors (Lipinski definition) is 8. The number of rotatable bonds is 15. The molecule has 0 aromatic carbocycles. The molecule has 2 aliphatic rings. The summed E-state index contributed by atoms with van der Waals surface area (Å²) in [6.45, 7) is 0. The summed E-state index contributed by atoms with van der Waals surface area (Å²) in [4.78, 5) is 0. The van der Waals surface area contributed by atoms with Gasteiger partial charge in [0, 0.05) is 54.8 Å². The molecule has 0 aliphatic carbocycles. The van der Waals surface area contributed by atoms with Gasteiger partial charge in [-0.05, 0) is 59.5 Å². The fraction of sp³-hybridized carbons (Fsp3) is 1.00. The normalized spacial score (nSPS) is 34.8. The third-order valence-corrected chi connectivity index (χ3v) is 20.8. The average molecular weight is 603 g/mol. The Morgan fingerprint density at radius 3 is 2.07 bits per heavy atom. The van der Waals surface area contributed by atoms with E-state index in [1.165, 1.54) is 70.4 Å². The van der Waals surface area contributed by atoms with E-state index in [4.69, 9.17) is 0 Å². The highest BCUT2D eigenvalue weighted by atomic mass is 32.2. The second-order valence-electron chi connectivity index (χ2n) is 7.81. The number of thioether (sulfide) groups is 4. The molecule has 0 saturated carbocycles. The van der Waals surface area contributed by atoms with E-state index in [1.54, 1.807) is 0 Å². The molecule has 0 nitrogen and oxygen atoms in total. The Labute approximate surface area is 231 Å². The van der Waals surface area contributed by atoms with Crippen LogP contribution in [0.2, 0.25) is 0 Å². The molecular formula is C20H42S10. The zero-order valence-electron chi connectivity index (χ0n) is 17.9. The molecule has 2 rings (SSSR count). The summed E-state index contributed by atoms with van der Waals surface area (Å²) in [5, 5.41) is 5.24. The lowest BCUT2D eigenvalue weighted by Crippen LogP contribution is -2.42. The average Bonchev–Trinajstić information content (AvgIpc) is 2.77. The van der Waals surface area contributed by atoms with E-state index in [1.807, 2.05) is 0 Å². The second kappa shape index (κ2) is 18.7. The van der Waals surface area contributed by atoms with Gasteiger partial charge in [-0.3, -0.25) is 0 Å². The fourth-order valence-corrected chi connectivity index (χ4v) is 21.3. The Bertz CT molecular complexity index is 426. The van der Waals surface area contributed by atoms with Gasteiger partial charge in [0.25, 0.3) is 0 Å². The first-order valence-electron chi connectivity index (χ1n) is 11.0. The van der Waals surface area contributed by atoms with E-state index >= 15 is 0 Å². The van der Waals surface area contributed by atoms with Gasteiger partial charge in [-0.1, -0.05) is 0 Å². The molecule has 0 bridgehead atoms. The van der Waals surface area contributed by atoms with Crippen molar-refractivity contribution in [3.63, 3.8) is 0 Å². The summed E-state index contributed by atoms with van der Waals surface area (Å²) >= 11 is 26.8. The van der Waals surface area contributed by atoms with Gasteiger partial charge in [0.1, 0.15) is 0 Å². The van der Waals surface area contributed by atoms with Crippen LogP contribution in [0.4, 0.5) is 0 Å². The highest BCUT2D eigenvalue weighted by Crippen LogP contribution is 2.55. The molecule has 6 unspecified atom stereocenters. The minimum absolute atomic E-state index is 0.151. The smallest absolute Gasteiger partial charge is 0.0215 e. The molecule has 0 amide bonds. The molecule has 2 fully saturated rings. The van der Waals surface area contributed by atoms with E-state index in [0.717, 1.165) is 44.0 Å². The van der Waals surface area contributed by atoms with Crippen molar-refractivity contribution in [3.8, 4) is 0 Å². The van der Waals surface area contributed by atoms with Crippen molar-refractivity contribution in [3.05, 3.63) is 0 Å². The van der Waals surface area contributed by atoms with Crippen molar-refractivity contribution in [1.82, 2.24) is 0 Å². The van der Waals surface area contributed by atoms with Gasteiger partial charge in [0.2, 0.25) is 0 Å². The first kappa shape index (κ1) is 29.7. The lowest BCUT2D eigenvalue weighted by atomic mass is 10.3. The maximum Gasteiger partial charge on any atom is 0.0215 e. The van der Waals surface area contributed by atoms with Gasteiger partial charge in [0.05, 0.1) is 0 Å². The van der Waals surface area contributed by atoms with Crippen molar-refractivity contribution < 1.29 is 0 Å². The van der Waals surface area contributed by atoms with Crippen LogP contribution in [0.15, 0.2) is 0 Å². The lowest BCUT2D eigenvalue weighted by molar-refractivity contribution is 0.783. The molecule has 10 heteroatoms. The molecule has 30 heavy (non-hydrogen) atoms. The Morgan fingerprint density at radius 1 is 0.733 bits per heavy atom. The molecule has 182 valence electrons. The Balaban J connectivity index is 2.01. The maximum absolute atomic E-state index is 4.56. The molecule has 2 heterocycles. The largest absolute Gasteiger partial charge is 0.248 e. The number of hydrogen-bond donors (Lipinski definition) is 6. The molecule has 0 aromatic rings. The van der Waals surface area contributed by atoms with Crippen molar-refractivity contribution in [2.75, 3.05) is 74.1 Å². The third-order valence-electron chi connectivity index (χ3n) is 5.58. The summed E-state index contributed by atoms with van der Waals surface area (Å²) in [5.41, 5.74) is 0. The highest BCUT2D eigenvalue weighted by molar-refractivity contribution is 8.29. The predicted octanol–water partition coefficient (Wildman–Crippen LogP) is 6.27. The molecule has 0 aromatic heterocycles. The quantitative estimate of drug-likeness (QED) is 0.0966. The van der Waals surface area contributed by atoms with Crippen LogP contribution >= 0.6 is 119 Å². The van der Waals surface area contributed by atoms with Crippen LogP contribution < -0.4 is 0 Å². The van der Waals surface area contributed by atoms with Crippen LogP contribution in [0.1, 0.15) is 19.3 Å². The van der Waals surface area contributed by atoms with Crippen LogP contribution in [0.25, 0.3) is 0 Å². The molecule has 0 radical (unpaired) electrons. The van der Waals surface area contributed by atoms with E-state index in [2.05, 4.69) is 97.6 Å². The van der Waals surface area contributed by atoms with E-state index in [0.29, 0.717) is 0 Å². The lowest BCUT2D eigenvalue weighted by Gasteiger charge is -2.49. The van der Waals surface area contributed by atoms with Crippen molar-refractivity contribution in [1.29, 1.82) is 0 Å². The first-order chi connectivity index (χ1) is 14.7. The number of thiol groups is 6. The van der Waals surface area contributed by atoms with Gasteiger partial charge < -0.3 is 0 Å². The first-order valence-corrected chi connectivity index (χ1v) is 21.5. The van der Waals surface area contributed by atoms with Crippen molar-refractivity contribution >= 4 is 119 Å². The van der Waals surface area contributed by atoms with Crippen LogP contribution in [0.3, 0.4) is 0 Å². The minimum atomic E-state index is 0.151. The Morgan fingerprint density at radius 2 is 1.37 bits per heavy atom. The van der Waals surface area contributed by atoms with Gasteiger partial charge in [-0.25, -0.2) is 21.8 Å². The second-order valence-corrected chi connectivity index (χ2v) is 20.1. The SMILES string of the molecule is SCCCC1C[SH](CCCS)C(C2CSC(CSCCS)C[SH]2CSCCS)CS1. The summed E-state index contributed by atoms with van der Waals surface area (Å²) in [5.74, 6) is 15.3. The topological polar surface area (TPSA) is 0 Å². The molecule has 2 aliphatic heterocycles. The minimum Gasteiger partial charge on any atom is -0.248 e. The molecule has 0 N–H and O–H groups in total. The molecule has 0 spiro atoms. The predicted molar refractivity (Wildman–Crippen MR) is 177 cm³/mol. The van der Waals surface area contributed by atoms with Crippen molar-refractivity contribution in [2.24, 2.45) is 0 Å². The summed E-state index contributed by atoms with van der Waals surface area (Å²) in [7, 11) is 0.326. The van der Waals surface area contributed by atoms with Gasteiger partial charge in [-0.2, -0.15) is 97.6 Å². The Hall–Kier alpha value is 3.50. The summed E-state index contributed by atoms with van der Waals surface area (Å²) in [6.07, 6.45) is 4.00. The zero-order chi connectivity index (χ0) is 21.6. The zero-order valence-corrected chi connectivity index (χ0v) is 26.6. The van der Waals surface area contributed by atoms with Gasteiger partial charge in [-0.15, -0.1) is 0 Å². The van der Waals surface area contributed by atoms with Gasteiger partial charge in [0.15, 0.2) is 0 Å². The summed E-state index contributed by atoms with van der Waals surface area (Å²) in [6, 6.07) is 0. The third kappa shape index (κ3) is 11.0. The molecular weight excluding hydrogens is 561 g/mol. The monoisotopic (exact) mass is 602 g/mol. The Kier molecular flexibility index (Phi) is 18.6. The van der Waals surface area contributed by atoms with Crippen LogP contribution in [-0.2, 0) is 0 Å². The fourth-order valence-electron chi connectivity index (χ4n) is 4.09. The molecule has 2 saturated heterocycles. The standard InChI is InChI=1S/C20H42S10/c21-4-1-3-17-14-29(10-2-5-22)19(12-27-17)20-13-28-18(11-25-8-6-23)15-30(20)16-26-9-7-24/h17-24,29-30H,1-16H2. The van der Waals surface area contributed by atoms with Crippen LogP contribution in [-0.4, -0.2) is 95.1 Å². The van der Waals surface area contributed by atoms with E-state index in [9.17, 15) is 0 Å². The van der Waals surface area contributed by atoms with Gasteiger partial charge >= 0.3 is 0 Å². The van der Waals surface area contributed by atoms with Crippen LogP contribution in [0.5, 0.6) is 0 Å². The molecule has 6 atom stereocenters. The van der Waals surface area contributed by atoms with E-state index < -0.39 is 0 Å². The van der Waals surface area contributed by atoms with Crippen molar-refractivity contribution in [2.45, 2.75) is 40.3 Å². The highest BCUT2D eigenvalue weighted by Gasteiger charge is 2.39. The van der Waals surface area contributed by atoms with E-state index in [-0.39, 0.29) is 21.8 Å².